The Hall–Kier alpha value is -4.14. The summed E-state index contributed by atoms with van der Waals surface area (Å²) in [5, 5.41) is 0. The van der Waals surface area contributed by atoms with Gasteiger partial charge in [0.15, 0.2) is 0 Å². The first-order chi connectivity index (χ1) is 20.5. The standard InChI is InChI=1S/C40H40OSi/c1-6-23-41-39-28(5)24-27(4)25-36(39)37-32(30-17-13-10-14-18-30)21-22-34-33-20-19-31(29-15-11-9-12-16-29)26-35(33)40(38(34)37)42(7-2)8-3/h6,9-22,24-26,40,42H,1,7-8,23H2,2-5H3. The lowest BCUT2D eigenvalue weighted by Gasteiger charge is -2.27. The Bertz CT molecular complexity index is 1730. The second-order valence-corrected chi connectivity index (χ2v) is 15.4. The maximum Gasteiger partial charge on any atom is 0.130 e. The van der Waals surface area contributed by atoms with Crippen molar-refractivity contribution in [1.82, 2.24) is 0 Å². The predicted octanol–water partition coefficient (Wildman–Crippen LogP) is 10.8. The van der Waals surface area contributed by atoms with Crippen molar-refractivity contribution in [2.24, 2.45) is 0 Å². The molecule has 0 radical (unpaired) electrons. The Morgan fingerprint density at radius 2 is 1.33 bits per heavy atom. The van der Waals surface area contributed by atoms with Gasteiger partial charge in [0.25, 0.3) is 0 Å². The molecule has 1 aliphatic carbocycles. The summed E-state index contributed by atoms with van der Waals surface area (Å²) < 4.78 is 6.47. The highest BCUT2D eigenvalue weighted by molar-refractivity contribution is 6.62. The van der Waals surface area contributed by atoms with Crippen molar-refractivity contribution in [2.45, 2.75) is 45.3 Å². The first kappa shape index (κ1) is 28.0. The third kappa shape index (κ3) is 4.95. The quantitative estimate of drug-likeness (QED) is 0.128. The Morgan fingerprint density at radius 1 is 0.690 bits per heavy atom. The molecule has 0 saturated heterocycles. The van der Waals surface area contributed by atoms with E-state index in [4.69, 9.17) is 4.74 Å². The monoisotopic (exact) mass is 564 g/mol. The molecule has 5 aromatic carbocycles. The van der Waals surface area contributed by atoms with Crippen LogP contribution in [0.1, 0.15) is 41.6 Å². The van der Waals surface area contributed by atoms with Gasteiger partial charge in [-0.2, -0.15) is 0 Å². The van der Waals surface area contributed by atoms with Gasteiger partial charge in [0.2, 0.25) is 0 Å². The second-order valence-electron chi connectivity index (χ2n) is 11.6. The SMILES string of the molecule is C=CCOc1c(C)cc(C)cc1-c1c(-c2ccccc2)ccc2c1C([SiH](CC)CC)c1cc(-c3ccccc3)ccc1-2. The molecule has 0 N–H and O–H groups in total. The van der Waals surface area contributed by atoms with Crippen LogP contribution < -0.4 is 4.74 Å². The molecule has 6 rings (SSSR count). The minimum Gasteiger partial charge on any atom is -0.489 e. The summed E-state index contributed by atoms with van der Waals surface area (Å²) in [5.74, 6) is 0.969. The summed E-state index contributed by atoms with van der Waals surface area (Å²) in [6.45, 7) is 13.6. The largest absolute Gasteiger partial charge is 0.489 e. The van der Waals surface area contributed by atoms with Crippen LogP contribution in [-0.2, 0) is 0 Å². The van der Waals surface area contributed by atoms with E-state index in [1.54, 1.807) is 0 Å². The molecule has 5 aromatic rings. The van der Waals surface area contributed by atoms with Crippen molar-refractivity contribution in [3.8, 4) is 50.3 Å². The van der Waals surface area contributed by atoms with E-state index in [0.29, 0.717) is 12.1 Å². The molecule has 0 bridgehead atoms. The summed E-state index contributed by atoms with van der Waals surface area (Å²) in [4.78, 5) is 0. The number of rotatable bonds is 9. The number of hydrogen-bond acceptors (Lipinski definition) is 1. The Balaban J connectivity index is 1.70. The average molecular weight is 565 g/mol. The third-order valence-electron chi connectivity index (χ3n) is 8.98. The van der Waals surface area contributed by atoms with Crippen molar-refractivity contribution in [3.05, 3.63) is 138 Å². The normalized spacial score (nSPS) is 13.6. The lowest BCUT2D eigenvalue weighted by Crippen LogP contribution is -2.22. The smallest absolute Gasteiger partial charge is 0.130 e. The summed E-state index contributed by atoms with van der Waals surface area (Å²) in [6, 6.07) is 40.8. The number of hydrogen-bond donors (Lipinski definition) is 0. The minimum atomic E-state index is -1.22. The van der Waals surface area contributed by atoms with Gasteiger partial charge in [-0.15, -0.1) is 0 Å². The van der Waals surface area contributed by atoms with Crippen molar-refractivity contribution in [3.63, 3.8) is 0 Å². The van der Waals surface area contributed by atoms with E-state index in [9.17, 15) is 0 Å². The predicted molar refractivity (Wildman–Crippen MR) is 183 cm³/mol. The second kappa shape index (κ2) is 12.0. The van der Waals surface area contributed by atoms with Gasteiger partial charge in [0.05, 0.1) is 0 Å². The van der Waals surface area contributed by atoms with Crippen LogP contribution in [0.15, 0.2) is 116 Å². The first-order valence-corrected chi connectivity index (χ1v) is 17.6. The van der Waals surface area contributed by atoms with E-state index in [-0.39, 0.29) is 0 Å². The van der Waals surface area contributed by atoms with Crippen molar-refractivity contribution < 1.29 is 4.74 Å². The first-order valence-electron chi connectivity index (χ1n) is 15.3. The highest BCUT2D eigenvalue weighted by atomic mass is 28.3. The van der Waals surface area contributed by atoms with Crippen LogP contribution in [0.2, 0.25) is 12.1 Å². The number of ether oxygens (including phenoxy) is 1. The molecule has 0 saturated carbocycles. The van der Waals surface area contributed by atoms with Crippen LogP contribution in [0.5, 0.6) is 5.75 Å². The molecule has 0 amide bonds. The molecule has 0 heterocycles. The van der Waals surface area contributed by atoms with Crippen LogP contribution in [0.4, 0.5) is 0 Å². The van der Waals surface area contributed by atoms with E-state index in [2.05, 4.69) is 137 Å². The zero-order valence-electron chi connectivity index (χ0n) is 25.3. The van der Waals surface area contributed by atoms with Crippen molar-refractivity contribution in [1.29, 1.82) is 0 Å². The van der Waals surface area contributed by atoms with Gasteiger partial charge >= 0.3 is 0 Å². The molecule has 42 heavy (non-hydrogen) atoms. The molecule has 210 valence electrons. The topological polar surface area (TPSA) is 9.23 Å². The lowest BCUT2D eigenvalue weighted by atomic mass is 9.86. The van der Waals surface area contributed by atoms with Crippen molar-refractivity contribution >= 4 is 8.80 Å². The summed E-state index contributed by atoms with van der Waals surface area (Å²) in [5.41, 5.74) is 16.3. The molecule has 2 heteroatoms. The fraction of sp³-hybridized carbons (Fsp3) is 0.200. The molecule has 1 atom stereocenters. The molecule has 0 aromatic heterocycles. The fourth-order valence-corrected chi connectivity index (χ4v) is 10.2. The van der Waals surface area contributed by atoms with Gasteiger partial charge in [0, 0.05) is 19.9 Å². The number of benzene rings is 5. The van der Waals surface area contributed by atoms with Crippen LogP contribution in [-0.4, -0.2) is 15.4 Å². The van der Waals surface area contributed by atoms with E-state index < -0.39 is 8.80 Å². The highest BCUT2D eigenvalue weighted by Gasteiger charge is 2.38. The van der Waals surface area contributed by atoms with Gasteiger partial charge in [0.1, 0.15) is 12.4 Å². The molecule has 0 aliphatic heterocycles. The van der Waals surface area contributed by atoms with E-state index in [1.807, 2.05) is 6.08 Å². The minimum absolute atomic E-state index is 0.431. The van der Waals surface area contributed by atoms with Gasteiger partial charge in [-0.05, 0) is 81.1 Å². The number of aryl methyl sites for hydroxylation is 2. The fourth-order valence-electron chi connectivity index (χ4n) is 7.08. The zero-order valence-corrected chi connectivity index (χ0v) is 26.4. The molecule has 0 fully saturated rings. The molecule has 1 aliphatic rings. The van der Waals surface area contributed by atoms with Gasteiger partial charge in [-0.3, -0.25) is 0 Å². The Labute approximate surface area is 253 Å². The van der Waals surface area contributed by atoms with Crippen molar-refractivity contribution in [2.75, 3.05) is 6.61 Å². The third-order valence-corrected chi connectivity index (χ3v) is 12.7. The Kier molecular flexibility index (Phi) is 8.00. The molecule has 0 spiro atoms. The Morgan fingerprint density at radius 3 is 2.00 bits per heavy atom. The maximum atomic E-state index is 6.47. The zero-order chi connectivity index (χ0) is 29.2. The van der Waals surface area contributed by atoms with E-state index in [1.165, 1.54) is 78.8 Å². The van der Waals surface area contributed by atoms with Crippen LogP contribution in [0, 0.1) is 13.8 Å². The molecule has 1 nitrogen and oxygen atoms in total. The van der Waals surface area contributed by atoms with Gasteiger partial charge < -0.3 is 4.74 Å². The highest BCUT2D eigenvalue weighted by Crippen LogP contribution is 2.55. The summed E-state index contributed by atoms with van der Waals surface area (Å²) in [7, 11) is -1.22. The summed E-state index contributed by atoms with van der Waals surface area (Å²) >= 11 is 0. The van der Waals surface area contributed by atoms with Gasteiger partial charge in [-0.1, -0.05) is 136 Å². The van der Waals surface area contributed by atoms with Crippen LogP contribution >= 0.6 is 0 Å². The molecular weight excluding hydrogens is 525 g/mol. The van der Waals surface area contributed by atoms with Gasteiger partial charge in [-0.25, -0.2) is 0 Å². The van der Waals surface area contributed by atoms with E-state index in [0.717, 1.165) is 5.75 Å². The van der Waals surface area contributed by atoms with E-state index >= 15 is 0 Å². The van der Waals surface area contributed by atoms with Crippen LogP contribution in [0.25, 0.3) is 44.5 Å². The average Bonchev–Trinajstić information content (AvgIpc) is 3.35. The molecule has 1 unspecified atom stereocenters. The number of fused-ring (bicyclic) bond motifs is 3. The summed E-state index contributed by atoms with van der Waals surface area (Å²) in [6.07, 6.45) is 1.84. The van der Waals surface area contributed by atoms with Crippen LogP contribution in [0.3, 0.4) is 0 Å². The maximum absolute atomic E-state index is 6.47. The lowest BCUT2D eigenvalue weighted by molar-refractivity contribution is 0.362. The molecular formula is C40H40OSi.